The predicted molar refractivity (Wildman–Crippen MR) is 114 cm³/mol. The van der Waals surface area contributed by atoms with E-state index in [2.05, 4.69) is 35.2 Å². The van der Waals surface area contributed by atoms with Crippen LogP contribution in [0.25, 0.3) is 22.9 Å². The molecule has 0 spiro atoms. The Kier molecular flexibility index (Phi) is 6.35. The van der Waals surface area contributed by atoms with Gasteiger partial charge in [-0.3, -0.25) is 14.8 Å². The number of Topliss-reactive ketones (excluding diaryl/α,β-unsaturated/α-hetero) is 1. The van der Waals surface area contributed by atoms with Gasteiger partial charge in [-0.05, 0) is 37.3 Å². The van der Waals surface area contributed by atoms with E-state index in [1.54, 1.807) is 0 Å². The van der Waals surface area contributed by atoms with Gasteiger partial charge in [0.15, 0.2) is 17.4 Å². The second-order valence-corrected chi connectivity index (χ2v) is 7.28. The molecule has 0 unspecified atom stereocenters. The summed E-state index contributed by atoms with van der Waals surface area (Å²) in [7, 11) is 0. The van der Waals surface area contributed by atoms with Gasteiger partial charge in [-0.15, -0.1) is 0 Å². The van der Waals surface area contributed by atoms with E-state index in [1.807, 2.05) is 0 Å². The van der Waals surface area contributed by atoms with Crippen molar-refractivity contribution < 1.29 is 31.1 Å². The highest BCUT2D eigenvalue weighted by molar-refractivity contribution is 5.94. The number of pyridine rings is 3. The van der Waals surface area contributed by atoms with Crippen LogP contribution >= 0.6 is 0 Å². The molecule has 0 aliphatic carbocycles. The Hall–Kier alpha value is -4.49. The Bertz CT molecular complexity index is 1440. The lowest BCUT2D eigenvalue weighted by atomic mass is 10.1. The number of rotatable bonds is 5. The maximum Gasteiger partial charge on any atom is 0.433 e. The molecule has 14 heteroatoms. The van der Waals surface area contributed by atoms with Crippen molar-refractivity contribution in [3.8, 4) is 22.9 Å². The number of alkyl halides is 6. The van der Waals surface area contributed by atoms with Crippen molar-refractivity contribution in [3.63, 3.8) is 0 Å². The van der Waals surface area contributed by atoms with Crippen LogP contribution in [-0.4, -0.2) is 35.7 Å². The van der Waals surface area contributed by atoms with E-state index in [0.29, 0.717) is 6.07 Å². The number of halogens is 6. The van der Waals surface area contributed by atoms with Gasteiger partial charge in [-0.25, -0.2) is 9.97 Å². The normalized spacial score (nSPS) is 11.9. The van der Waals surface area contributed by atoms with E-state index in [4.69, 9.17) is 0 Å². The van der Waals surface area contributed by atoms with Gasteiger partial charge < -0.3 is 5.32 Å². The number of aromatic nitrogens is 6. The molecule has 184 valence electrons. The van der Waals surface area contributed by atoms with E-state index in [0.717, 1.165) is 18.3 Å². The van der Waals surface area contributed by atoms with Crippen LogP contribution < -0.4 is 5.32 Å². The number of hydrogen-bond acceptors (Lipinski definition) is 8. The smallest absolute Gasteiger partial charge is 0.324 e. The van der Waals surface area contributed by atoms with Gasteiger partial charge in [0.25, 0.3) is 0 Å². The van der Waals surface area contributed by atoms with Crippen LogP contribution in [0.15, 0.2) is 55.0 Å². The van der Waals surface area contributed by atoms with Gasteiger partial charge in [0, 0.05) is 35.4 Å². The Morgan fingerprint density at radius 3 is 2.25 bits per heavy atom. The minimum absolute atomic E-state index is 0.0898. The van der Waals surface area contributed by atoms with Gasteiger partial charge in [-0.2, -0.15) is 36.3 Å². The first-order valence-electron chi connectivity index (χ1n) is 9.97. The van der Waals surface area contributed by atoms with E-state index < -0.39 is 23.7 Å². The fourth-order valence-corrected chi connectivity index (χ4v) is 2.94. The summed E-state index contributed by atoms with van der Waals surface area (Å²) in [5.74, 6) is -1.01. The Morgan fingerprint density at radius 2 is 1.56 bits per heavy atom. The SMILES string of the molecule is CC(=O)c1cncc(-c2nc(Nc3ccnc(C(F)(F)F)c3)nc(-c3cccc(C(F)(F)F)n3)n2)c1. The number of ketones is 1. The van der Waals surface area contributed by atoms with E-state index in [1.165, 1.54) is 37.5 Å². The van der Waals surface area contributed by atoms with Crippen LogP contribution in [0.1, 0.15) is 28.7 Å². The molecule has 8 nitrogen and oxygen atoms in total. The fourth-order valence-electron chi connectivity index (χ4n) is 2.94. The van der Waals surface area contributed by atoms with Crippen LogP contribution in [0.5, 0.6) is 0 Å². The van der Waals surface area contributed by atoms with Crippen molar-refractivity contribution in [1.82, 2.24) is 29.9 Å². The number of carbonyl (C=O) groups is 1. The van der Waals surface area contributed by atoms with Crippen molar-refractivity contribution in [2.75, 3.05) is 5.32 Å². The van der Waals surface area contributed by atoms with Crippen LogP contribution in [0.2, 0.25) is 0 Å². The van der Waals surface area contributed by atoms with Gasteiger partial charge >= 0.3 is 12.4 Å². The van der Waals surface area contributed by atoms with Gasteiger partial charge in [0.05, 0.1) is 0 Å². The minimum Gasteiger partial charge on any atom is -0.324 e. The van der Waals surface area contributed by atoms with Gasteiger partial charge in [0.2, 0.25) is 5.95 Å². The van der Waals surface area contributed by atoms with Crippen LogP contribution in [0, 0.1) is 0 Å². The molecule has 4 aromatic rings. The molecule has 4 rings (SSSR count). The first-order chi connectivity index (χ1) is 16.9. The van der Waals surface area contributed by atoms with Crippen molar-refractivity contribution in [3.05, 3.63) is 71.9 Å². The standard InChI is InChI=1S/C22H13F6N7O/c1-11(36)12-7-13(10-29-9-12)18-33-19(15-3-2-4-16(32-15)21(23,24)25)35-20(34-18)31-14-5-6-30-17(8-14)22(26,27)28/h2-10H,1H3,(H,30,31,33,34,35). The molecule has 0 radical (unpaired) electrons. The first-order valence-corrected chi connectivity index (χ1v) is 9.97. The van der Waals surface area contributed by atoms with Crippen LogP contribution in [-0.2, 0) is 12.4 Å². The first kappa shape index (κ1) is 24.6. The highest BCUT2D eigenvalue weighted by Gasteiger charge is 2.33. The summed E-state index contributed by atoms with van der Waals surface area (Å²) in [6.07, 6.45) is -5.92. The van der Waals surface area contributed by atoms with Gasteiger partial charge in [0.1, 0.15) is 17.1 Å². The summed E-state index contributed by atoms with van der Waals surface area (Å²) < 4.78 is 78.7. The molecule has 0 aromatic carbocycles. The molecule has 0 amide bonds. The highest BCUT2D eigenvalue weighted by Crippen LogP contribution is 2.31. The third-order valence-corrected chi connectivity index (χ3v) is 4.61. The molecular weight excluding hydrogens is 492 g/mol. The van der Waals surface area contributed by atoms with E-state index in [-0.39, 0.29) is 45.9 Å². The van der Waals surface area contributed by atoms with Crippen molar-refractivity contribution in [1.29, 1.82) is 0 Å². The predicted octanol–water partition coefficient (Wildman–Crippen LogP) is 5.37. The number of anilines is 2. The lowest BCUT2D eigenvalue weighted by Gasteiger charge is -2.12. The molecule has 0 atom stereocenters. The van der Waals surface area contributed by atoms with Gasteiger partial charge in [-0.1, -0.05) is 6.07 Å². The van der Waals surface area contributed by atoms with Crippen molar-refractivity contribution >= 4 is 17.4 Å². The second-order valence-electron chi connectivity index (χ2n) is 7.28. The molecule has 0 saturated heterocycles. The average Bonchev–Trinajstić information content (AvgIpc) is 2.83. The zero-order valence-electron chi connectivity index (χ0n) is 18.1. The number of nitrogens with zero attached hydrogens (tertiary/aromatic N) is 6. The zero-order chi connectivity index (χ0) is 26.1. The minimum atomic E-state index is -4.74. The number of nitrogens with one attached hydrogen (secondary N) is 1. The number of carbonyl (C=O) groups excluding carboxylic acids is 1. The van der Waals surface area contributed by atoms with Crippen molar-refractivity contribution in [2.45, 2.75) is 19.3 Å². The molecule has 1 N–H and O–H groups in total. The fraction of sp³-hybridized carbons (Fsp3) is 0.136. The zero-order valence-corrected chi connectivity index (χ0v) is 18.1. The third-order valence-electron chi connectivity index (χ3n) is 4.61. The Labute approximate surface area is 198 Å². The summed E-state index contributed by atoms with van der Waals surface area (Å²) in [6, 6.07) is 6.45. The molecular formula is C22H13F6N7O. The maximum absolute atomic E-state index is 13.2. The molecule has 0 fully saturated rings. The summed E-state index contributed by atoms with van der Waals surface area (Å²) in [4.78, 5) is 34.9. The maximum atomic E-state index is 13.2. The topological polar surface area (TPSA) is 106 Å². The summed E-state index contributed by atoms with van der Waals surface area (Å²) in [6.45, 7) is 1.31. The molecule has 4 aromatic heterocycles. The lowest BCUT2D eigenvalue weighted by Crippen LogP contribution is -2.10. The van der Waals surface area contributed by atoms with Crippen molar-refractivity contribution in [2.24, 2.45) is 0 Å². The van der Waals surface area contributed by atoms with E-state index >= 15 is 0 Å². The quantitative estimate of drug-likeness (QED) is 0.285. The van der Waals surface area contributed by atoms with E-state index in [9.17, 15) is 31.1 Å². The highest BCUT2D eigenvalue weighted by atomic mass is 19.4. The summed E-state index contributed by atoms with van der Waals surface area (Å²) in [5.41, 5.74) is -2.30. The lowest BCUT2D eigenvalue weighted by molar-refractivity contribution is -0.141. The van der Waals surface area contributed by atoms with Crippen LogP contribution in [0.3, 0.4) is 0 Å². The summed E-state index contributed by atoms with van der Waals surface area (Å²) in [5, 5.41) is 2.58. The molecule has 0 aliphatic heterocycles. The molecule has 4 heterocycles. The monoisotopic (exact) mass is 505 g/mol. The largest absolute Gasteiger partial charge is 0.433 e. The second kappa shape index (κ2) is 9.28. The Balaban J connectivity index is 1.84. The molecule has 0 aliphatic rings. The summed E-state index contributed by atoms with van der Waals surface area (Å²) >= 11 is 0. The number of hydrogen-bond donors (Lipinski definition) is 1. The Morgan fingerprint density at radius 1 is 0.833 bits per heavy atom. The van der Waals surface area contributed by atoms with Crippen LogP contribution in [0.4, 0.5) is 38.0 Å². The average molecular weight is 505 g/mol. The molecule has 0 saturated carbocycles. The molecule has 0 bridgehead atoms. The third kappa shape index (κ3) is 5.59. The molecule has 36 heavy (non-hydrogen) atoms.